The Kier molecular flexibility index (Phi) is 3.76. The second kappa shape index (κ2) is 5.54. The average Bonchev–Trinajstić information content (AvgIpc) is 3.02. The first-order valence-corrected chi connectivity index (χ1v) is 7.43. The van der Waals surface area contributed by atoms with Gasteiger partial charge < -0.3 is 9.09 Å². The van der Waals surface area contributed by atoms with Crippen molar-refractivity contribution in [1.29, 1.82) is 0 Å². The van der Waals surface area contributed by atoms with Gasteiger partial charge in [0.2, 0.25) is 5.89 Å². The van der Waals surface area contributed by atoms with Crippen LogP contribution in [0.2, 0.25) is 0 Å². The SMILES string of the molecule is CC(Cl)c1nc2cc(Br)ccc2n1CCc1ncno1. The summed E-state index contributed by atoms with van der Waals surface area (Å²) in [4.78, 5) is 8.64. The van der Waals surface area contributed by atoms with Crippen LogP contribution in [-0.2, 0) is 13.0 Å². The fraction of sp³-hybridized carbons (Fsp3) is 0.308. The second-order valence-corrected chi connectivity index (χ2v) is 6.03. The van der Waals surface area contributed by atoms with Gasteiger partial charge in [-0.05, 0) is 25.1 Å². The molecule has 0 amide bonds. The molecule has 0 bridgehead atoms. The maximum Gasteiger partial charge on any atom is 0.228 e. The number of imidazole rings is 1. The van der Waals surface area contributed by atoms with E-state index in [1.165, 1.54) is 6.33 Å². The zero-order chi connectivity index (χ0) is 14.1. The van der Waals surface area contributed by atoms with Crippen molar-refractivity contribution in [3.8, 4) is 0 Å². The van der Waals surface area contributed by atoms with Gasteiger partial charge in [-0.1, -0.05) is 21.1 Å². The van der Waals surface area contributed by atoms with Crippen LogP contribution in [0.25, 0.3) is 11.0 Å². The monoisotopic (exact) mass is 354 g/mol. The van der Waals surface area contributed by atoms with Crippen molar-refractivity contribution in [3.05, 3.63) is 40.7 Å². The molecule has 0 aliphatic carbocycles. The third-order valence-electron chi connectivity index (χ3n) is 3.05. The molecule has 0 aliphatic heterocycles. The minimum atomic E-state index is -0.163. The topological polar surface area (TPSA) is 56.7 Å². The number of halogens is 2. The maximum absolute atomic E-state index is 6.23. The molecule has 1 unspecified atom stereocenters. The molecule has 1 atom stereocenters. The Morgan fingerprint density at radius 3 is 3.00 bits per heavy atom. The molecule has 3 aromatic rings. The van der Waals surface area contributed by atoms with E-state index in [1.54, 1.807) is 0 Å². The number of aryl methyl sites for hydroxylation is 2. The minimum absolute atomic E-state index is 0.163. The van der Waals surface area contributed by atoms with Gasteiger partial charge >= 0.3 is 0 Å². The van der Waals surface area contributed by atoms with Crippen LogP contribution in [0.3, 0.4) is 0 Å². The van der Waals surface area contributed by atoms with Gasteiger partial charge in [0.1, 0.15) is 5.82 Å². The molecule has 0 spiro atoms. The molecular formula is C13H12BrClN4O. The van der Waals surface area contributed by atoms with E-state index in [0.29, 0.717) is 18.9 Å². The molecule has 5 nitrogen and oxygen atoms in total. The molecule has 2 aromatic heterocycles. The van der Waals surface area contributed by atoms with Gasteiger partial charge in [-0.25, -0.2) is 4.98 Å². The molecule has 0 fully saturated rings. The summed E-state index contributed by atoms with van der Waals surface area (Å²) in [5.74, 6) is 1.46. The first kappa shape index (κ1) is 13.6. The van der Waals surface area contributed by atoms with E-state index in [2.05, 4.69) is 35.6 Å². The van der Waals surface area contributed by atoms with Crippen LogP contribution < -0.4 is 0 Å². The minimum Gasteiger partial charge on any atom is -0.340 e. The number of hydrogen-bond acceptors (Lipinski definition) is 4. The van der Waals surface area contributed by atoms with Crippen LogP contribution in [0.15, 0.2) is 33.5 Å². The third kappa shape index (κ3) is 2.58. The Hall–Kier alpha value is -1.40. The summed E-state index contributed by atoms with van der Waals surface area (Å²) in [5.41, 5.74) is 1.97. The Morgan fingerprint density at radius 2 is 2.30 bits per heavy atom. The first-order chi connectivity index (χ1) is 9.65. The van der Waals surface area contributed by atoms with Gasteiger partial charge in [0.05, 0.1) is 16.4 Å². The normalized spacial score (nSPS) is 12.9. The lowest BCUT2D eigenvalue weighted by Gasteiger charge is -2.09. The third-order valence-corrected chi connectivity index (χ3v) is 3.74. The Bertz CT molecular complexity index is 723. The molecule has 1 aromatic carbocycles. The fourth-order valence-electron chi connectivity index (χ4n) is 2.17. The van der Waals surface area contributed by atoms with Crippen molar-refractivity contribution in [1.82, 2.24) is 19.7 Å². The van der Waals surface area contributed by atoms with Crippen LogP contribution in [0.5, 0.6) is 0 Å². The molecule has 20 heavy (non-hydrogen) atoms. The highest BCUT2D eigenvalue weighted by molar-refractivity contribution is 9.10. The van der Waals surface area contributed by atoms with Crippen LogP contribution >= 0.6 is 27.5 Å². The van der Waals surface area contributed by atoms with Crippen LogP contribution in [0.1, 0.15) is 24.0 Å². The molecule has 0 aliphatic rings. The zero-order valence-electron chi connectivity index (χ0n) is 10.8. The Balaban J connectivity index is 2.00. The number of fused-ring (bicyclic) bond motifs is 1. The highest BCUT2D eigenvalue weighted by Gasteiger charge is 2.15. The van der Waals surface area contributed by atoms with E-state index in [0.717, 1.165) is 21.3 Å². The standard InChI is InChI=1S/C13H12BrClN4O/c1-8(15)13-18-10-6-9(14)2-3-11(10)19(13)5-4-12-16-7-17-20-12/h2-3,6-8H,4-5H2,1H3. The van der Waals surface area contributed by atoms with Crippen LogP contribution in [0.4, 0.5) is 0 Å². The number of nitrogens with zero attached hydrogens (tertiary/aromatic N) is 4. The van der Waals surface area contributed by atoms with Crippen molar-refractivity contribution < 1.29 is 4.52 Å². The molecular weight excluding hydrogens is 344 g/mol. The lowest BCUT2D eigenvalue weighted by atomic mass is 10.3. The van der Waals surface area contributed by atoms with E-state index >= 15 is 0 Å². The number of aromatic nitrogens is 4. The number of hydrogen-bond donors (Lipinski definition) is 0. The lowest BCUT2D eigenvalue weighted by molar-refractivity contribution is 0.371. The van der Waals surface area contributed by atoms with Gasteiger partial charge in [0.25, 0.3) is 0 Å². The molecule has 0 N–H and O–H groups in total. The summed E-state index contributed by atoms with van der Waals surface area (Å²) in [7, 11) is 0. The van der Waals surface area contributed by atoms with E-state index in [4.69, 9.17) is 16.1 Å². The molecule has 7 heteroatoms. The fourth-order valence-corrected chi connectivity index (χ4v) is 2.69. The van der Waals surface area contributed by atoms with Gasteiger partial charge in [0.15, 0.2) is 6.33 Å². The second-order valence-electron chi connectivity index (χ2n) is 4.46. The first-order valence-electron chi connectivity index (χ1n) is 6.20. The van der Waals surface area contributed by atoms with Crippen molar-refractivity contribution >= 4 is 38.6 Å². The highest BCUT2D eigenvalue weighted by Crippen LogP contribution is 2.26. The van der Waals surface area contributed by atoms with Gasteiger partial charge in [-0.2, -0.15) is 4.98 Å². The summed E-state index contributed by atoms with van der Waals surface area (Å²) in [6.07, 6.45) is 2.06. The molecule has 3 rings (SSSR count). The Morgan fingerprint density at radius 1 is 1.45 bits per heavy atom. The summed E-state index contributed by atoms with van der Waals surface area (Å²) >= 11 is 9.69. The van der Waals surface area contributed by atoms with E-state index < -0.39 is 0 Å². The largest absolute Gasteiger partial charge is 0.340 e. The predicted molar refractivity (Wildman–Crippen MR) is 79.7 cm³/mol. The summed E-state index contributed by atoms with van der Waals surface area (Å²) < 4.78 is 8.13. The van der Waals surface area contributed by atoms with Gasteiger partial charge in [-0.15, -0.1) is 11.6 Å². The van der Waals surface area contributed by atoms with E-state index in [9.17, 15) is 0 Å². The molecule has 0 radical (unpaired) electrons. The van der Waals surface area contributed by atoms with Gasteiger partial charge in [0, 0.05) is 17.4 Å². The number of rotatable bonds is 4. The molecule has 0 saturated heterocycles. The Labute approximate surface area is 129 Å². The summed E-state index contributed by atoms with van der Waals surface area (Å²) in [6, 6.07) is 6.01. The smallest absolute Gasteiger partial charge is 0.228 e. The molecule has 2 heterocycles. The summed E-state index contributed by atoms with van der Waals surface area (Å²) in [6.45, 7) is 2.62. The van der Waals surface area contributed by atoms with Crippen molar-refractivity contribution in [2.45, 2.75) is 25.3 Å². The van der Waals surface area contributed by atoms with Crippen molar-refractivity contribution in [2.75, 3.05) is 0 Å². The average molecular weight is 356 g/mol. The lowest BCUT2D eigenvalue weighted by Crippen LogP contribution is -2.07. The number of benzene rings is 1. The van der Waals surface area contributed by atoms with Crippen LogP contribution in [0, 0.1) is 0 Å². The quantitative estimate of drug-likeness (QED) is 0.669. The summed E-state index contributed by atoms with van der Waals surface area (Å²) in [5, 5.41) is 3.45. The maximum atomic E-state index is 6.23. The number of alkyl halides is 1. The van der Waals surface area contributed by atoms with Crippen molar-refractivity contribution in [3.63, 3.8) is 0 Å². The zero-order valence-corrected chi connectivity index (χ0v) is 13.1. The highest BCUT2D eigenvalue weighted by atomic mass is 79.9. The van der Waals surface area contributed by atoms with Gasteiger partial charge in [-0.3, -0.25) is 0 Å². The van der Waals surface area contributed by atoms with Crippen LogP contribution in [-0.4, -0.2) is 19.7 Å². The molecule has 0 saturated carbocycles. The molecule has 104 valence electrons. The van der Waals surface area contributed by atoms with E-state index in [-0.39, 0.29) is 5.38 Å². The van der Waals surface area contributed by atoms with Crippen molar-refractivity contribution in [2.24, 2.45) is 0 Å². The predicted octanol–water partition coefficient (Wildman–Crippen LogP) is 3.72. The van der Waals surface area contributed by atoms with E-state index in [1.807, 2.05) is 25.1 Å².